The molecule has 0 saturated carbocycles. The lowest BCUT2D eigenvalue weighted by molar-refractivity contribution is -0.119. The van der Waals surface area contributed by atoms with Crippen molar-refractivity contribution in [1.29, 1.82) is 0 Å². The van der Waals surface area contributed by atoms with Crippen LogP contribution >= 0.6 is 24.0 Å². The molecule has 1 amide bonds. The summed E-state index contributed by atoms with van der Waals surface area (Å²) in [6, 6.07) is 12.6. The second kappa shape index (κ2) is 7.52. The predicted molar refractivity (Wildman–Crippen MR) is 110 cm³/mol. The lowest BCUT2D eigenvalue weighted by Gasteiger charge is -2.25. The quantitative estimate of drug-likeness (QED) is 0.559. The Morgan fingerprint density at radius 1 is 1.21 bits per heavy atom. The summed E-state index contributed by atoms with van der Waals surface area (Å²) in [6.07, 6.45) is 0. The Balaban J connectivity index is 1.59. The van der Waals surface area contributed by atoms with Gasteiger partial charge in [-0.25, -0.2) is 9.18 Å². The number of rotatable bonds is 4. The summed E-state index contributed by atoms with van der Waals surface area (Å²) in [5.74, 6) is -0.186. The number of thioether (sulfide) groups is 1. The van der Waals surface area contributed by atoms with Gasteiger partial charge in [0.25, 0.3) is 5.91 Å². The maximum atomic E-state index is 13.3. The van der Waals surface area contributed by atoms with Gasteiger partial charge in [0.2, 0.25) is 0 Å². The number of benzene rings is 2. The number of halogens is 1. The van der Waals surface area contributed by atoms with Crippen molar-refractivity contribution < 1.29 is 18.7 Å². The average Bonchev–Trinajstić information content (AvgIpc) is 3.23. The molecular weight excluding hydrogens is 399 g/mol. The number of hydrogen-bond donors (Lipinski definition) is 0. The van der Waals surface area contributed by atoms with Crippen molar-refractivity contribution in [3.05, 3.63) is 65.5 Å². The van der Waals surface area contributed by atoms with E-state index in [1.165, 1.54) is 17.0 Å². The molecule has 2 heterocycles. The summed E-state index contributed by atoms with van der Waals surface area (Å²) < 4.78 is 18.2. The molecule has 0 N–H and O–H groups in total. The first-order valence-electron chi connectivity index (χ1n) is 8.81. The molecule has 0 unspecified atom stereocenters. The van der Waals surface area contributed by atoms with Crippen LogP contribution in [-0.2, 0) is 9.53 Å². The maximum absolute atomic E-state index is 13.3. The van der Waals surface area contributed by atoms with Crippen LogP contribution in [0.15, 0.2) is 48.5 Å². The Labute approximate surface area is 171 Å². The van der Waals surface area contributed by atoms with Crippen LogP contribution in [0.25, 0.3) is 0 Å². The fraction of sp³-hybridized carbons (Fsp3) is 0.250. The molecule has 8 heteroatoms. The molecule has 28 heavy (non-hydrogen) atoms. The van der Waals surface area contributed by atoms with Crippen molar-refractivity contribution in [3.8, 4) is 0 Å². The van der Waals surface area contributed by atoms with Gasteiger partial charge in [-0.3, -0.25) is 9.69 Å². The third-order valence-corrected chi connectivity index (χ3v) is 6.43. The van der Waals surface area contributed by atoms with Crippen molar-refractivity contribution in [1.82, 2.24) is 4.90 Å². The van der Waals surface area contributed by atoms with E-state index in [1.807, 2.05) is 4.90 Å². The van der Waals surface area contributed by atoms with Gasteiger partial charge in [-0.15, -0.1) is 11.8 Å². The third-order valence-electron chi connectivity index (χ3n) is 4.71. The molecule has 2 atom stereocenters. The fourth-order valence-electron chi connectivity index (χ4n) is 3.37. The van der Waals surface area contributed by atoms with E-state index in [0.717, 1.165) is 5.56 Å². The molecular formula is C20H17FN2O3S2. The van der Waals surface area contributed by atoms with Gasteiger partial charge in [-0.2, -0.15) is 0 Å². The molecule has 0 aromatic heterocycles. The van der Waals surface area contributed by atoms with E-state index < -0.39 is 5.97 Å². The summed E-state index contributed by atoms with van der Waals surface area (Å²) in [7, 11) is 0. The van der Waals surface area contributed by atoms with Crippen LogP contribution in [-0.4, -0.2) is 40.3 Å². The summed E-state index contributed by atoms with van der Waals surface area (Å²) in [5, 5.41) is 0.282. The molecule has 2 aliphatic heterocycles. The Kier molecular flexibility index (Phi) is 5.07. The largest absolute Gasteiger partial charge is 0.462 e. The molecule has 0 radical (unpaired) electrons. The van der Waals surface area contributed by atoms with E-state index in [-0.39, 0.29) is 23.1 Å². The summed E-state index contributed by atoms with van der Waals surface area (Å²) >= 11 is 7.24. The SMILES string of the molecule is CCOC(=O)c1ccc(N2C(=O)[C@H]3CS[C@H](c4ccc(F)cc4)N3C2=S)cc1. The lowest BCUT2D eigenvalue weighted by atomic mass is 10.2. The van der Waals surface area contributed by atoms with Crippen molar-refractivity contribution in [2.24, 2.45) is 0 Å². The van der Waals surface area contributed by atoms with E-state index in [4.69, 9.17) is 17.0 Å². The first kappa shape index (κ1) is 18.9. The highest BCUT2D eigenvalue weighted by atomic mass is 32.2. The minimum absolute atomic E-state index is 0.0917. The standard InChI is InChI=1S/C20H17FN2O3S2/c1-2-26-19(25)13-5-9-15(10-6-13)22-17(24)16-11-28-18(23(16)20(22)27)12-3-7-14(21)8-4-12/h3-10,16,18H,2,11H2,1H3/t16-,18-/m1/s1. The number of amides is 1. The van der Waals surface area contributed by atoms with Crippen molar-refractivity contribution in [2.45, 2.75) is 18.3 Å². The number of thiocarbonyl (C=S) groups is 1. The molecule has 5 nitrogen and oxygen atoms in total. The van der Waals surface area contributed by atoms with E-state index >= 15 is 0 Å². The van der Waals surface area contributed by atoms with Gasteiger partial charge in [0.05, 0.1) is 17.9 Å². The predicted octanol–water partition coefficient (Wildman–Crippen LogP) is 3.75. The topological polar surface area (TPSA) is 49.9 Å². The molecule has 2 aromatic rings. The molecule has 4 rings (SSSR count). The van der Waals surface area contributed by atoms with E-state index in [9.17, 15) is 14.0 Å². The van der Waals surface area contributed by atoms with Crippen molar-refractivity contribution in [3.63, 3.8) is 0 Å². The fourth-order valence-corrected chi connectivity index (χ4v) is 5.29. The Morgan fingerprint density at radius 2 is 1.89 bits per heavy atom. The van der Waals surface area contributed by atoms with E-state index in [0.29, 0.717) is 28.7 Å². The monoisotopic (exact) mass is 416 g/mol. The molecule has 2 fully saturated rings. The summed E-state index contributed by atoms with van der Waals surface area (Å²) in [4.78, 5) is 28.2. The van der Waals surface area contributed by atoms with Crippen LogP contribution in [0.3, 0.4) is 0 Å². The number of nitrogens with zero attached hydrogens (tertiary/aromatic N) is 2. The number of fused-ring (bicyclic) bond motifs is 1. The van der Waals surface area contributed by atoms with Gasteiger partial charge in [0.15, 0.2) is 5.11 Å². The molecule has 0 spiro atoms. The van der Waals surface area contributed by atoms with Crippen LogP contribution in [0.4, 0.5) is 10.1 Å². The zero-order valence-corrected chi connectivity index (χ0v) is 16.6. The number of anilines is 1. The first-order valence-corrected chi connectivity index (χ1v) is 10.3. The lowest BCUT2D eigenvalue weighted by Crippen LogP contribution is -2.33. The van der Waals surface area contributed by atoms with Crippen LogP contribution < -0.4 is 4.90 Å². The van der Waals surface area contributed by atoms with Gasteiger partial charge in [0, 0.05) is 5.75 Å². The maximum Gasteiger partial charge on any atom is 0.338 e. The van der Waals surface area contributed by atoms with Crippen LogP contribution in [0.2, 0.25) is 0 Å². The molecule has 2 saturated heterocycles. The second-order valence-electron chi connectivity index (χ2n) is 6.38. The zero-order valence-electron chi connectivity index (χ0n) is 15.0. The smallest absolute Gasteiger partial charge is 0.338 e. The number of carbonyl (C=O) groups excluding carboxylic acids is 2. The first-order chi connectivity index (χ1) is 13.5. The highest BCUT2D eigenvalue weighted by Crippen LogP contribution is 2.46. The van der Waals surface area contributed by atoms with Crippen LogP contribution in [0.5, 0.6) is 0 Å². The van der Waals surface area contributed by atoms with Gasteiger partial charge in [0.1, 0.15) is 17.2 Å². The molecule has 0 bridgehead atoms. The zero-order chi connectivity index (χ0) is 19.8. The average molecular weight is 416 g/mol. The highest BCUT2D eigenvalue weighted by molar-refractivity contribution is 7.99. The second-order valence-corrected chi connectivity index (χ2v) is 7.86. The molecule has 144 valence electrons. The van der Waals surface area contributed by atoms with Crippen LogP contribution in [0.1, 0.15) is 28.2 Å². The molecule has 2 aromatic carbocycles. The van der Waals surface area contributed by atoms with Gasteiger partial charge in [-0.1, -0.05) is 12.1 Å². The number of hydrogen-bond acceptors (Lipinski definition) is 5. The van der Waals surface area contributed by atoms with Crippen molar-refractivity contribution in [2.75, 3.05) is 17.3 Å². The Hall–Kier alpha value is -2.45. The third kappa shape index (κ3) is 3.16. The van der Waals surface area contributed by atoms with Crippen molar-refractivity contribution >= 4 is 46.7 Å². The minimum atomic E-state index is -0.405. The van der Waals surface area contributed by atoms with E-state index in [2.05, 4.69) is 0 Å². The molecule has 0 aliphatic carbocycles. The van der Waals surface area contributed by atoms with Gasteiger partial charge >= 0.3 is 5.97 Å². The van der Waals surface area contributed by atoms with Gasteiger partial charge < -0.3 is 9.64 Å². The van der Waals surface area contributed by atoms with Crippen LogP contribution in [0, 0.1) is 5.82 Å². The minimum Gasteiger partial charge on any atom is -0.462 e. The number of esters is 1. The Morgan fingerprint density at radius 3 is 2.54 bits per heavy atom. The highest BCUT2D eigenvalue weighted by Gasteiger charge is 2.50. The summed E-state index contributed by atoms with van der Waals surface area (Å²) in [6.45, 7) is 2.05. The van der Waals surface area contributed by atoms with Gasteiger partial charge in [-0.05, 0) is 61.1 Å². The molecule has 2 aliphatic rings. The normalized spacial score (nSPS) is 21.2. The van der Waals surface area contributed by atoms with E-state index in [1.54, 1.807) is 55.1 Å². The number of carbonyl (C=O) groups is 2. The number of ether oxygens (including phenoxy) is 1. The Bertz CT molecular complexity index is 933. The summed E-state index contributed by atoms with van der Waals surface area (Å²) in [5.41, 5.74) is 1.94.